The molecule has 27 heavy (non-hydrogen) atoms. The quantitative estimate of drug-likeness (QED) is 0.518. The van der Waals surface area contributed by atoms with Gasteiger partial charge in [0.15, 0.2) is 5.75 Å². The van der Waals surface area contributed by atoms with E-state index < -0.39 is 16.6 Å². The van der Waals surface area contributed by atoms with E-state index in [9.17, 15) is 17.4 Å². The van der Waals surface area contributed by atoms with Crippen molar-refractivity contribution in [1.29, 1.82) is 0 Å². The molecule has 4 rings (SSSR count). The average molecular weight is 391 g/mol. The summed E-state index contributed by atoms with van der Waals surface area (Å²) in [5.74, 6) is -0.221. The Bertz CT molecular complexity index is 1190. The number of nitrogens with zero attached hydrogens (tertiary/aromatic N) is 3. The van der Waals surface area contributed by atoms with Crippen molar-refractivity contribution in [2.45, 2.75) is 12.4 Å². The summed E-state index contributed by atoms with van der Waals surface area (Å²) in [6.07, 6.45) is 0. The Morgan fingerprint density at radius 2 is 1.74 bits per heavy atom. The molecule has 0 saturated heterocycles. The van der Waals surface area contributed by atoms with Crippen LogP contribution in [0.25, 0.3) is 27.5 Å². The van der Waals surface area contributed by atoms with Crippen LogP contribution in [0.5, 0.6) is 5.75 Å². The minimum atomic E-state index is -5.00. The van der Waals surface area contributed by atoms with Crippen LogP contribution in [0, 0.1) is 6.92 Å². The number of hydrogen-bond donors (Lipinski definition) is 0. The molecule has 138 valence electrons. The fourth-order valence-electron chi connectivity index (χ4n) is 2.76. The second kappa shape index (κ2) is 6.34. The zero-order chi connectivity index (χ0) is 19.2. The van der Waals surface area contributed by atoms with E-state index in [0.29, 0.717) is 16.4 Å². The minimum absolute atomic E-state index is 0.194. The van der Waals surface area contributed by atoms with Gasteiger partial charge in [-0.25, -0.2) is 4.21 Å². The van der Waals surface area contributed by atoms with Crippen LogP contribution in [0.3, 0.4) is 0 Å². The molecule has 5 nitrogen and oxygen atoms in total. The lowest BCUT2D eigenvalue weighted by atomic mass is 10.1. The molecule has 1 aromatic heterocycles. The van der Waals surface area contributed by atoms with Crippen molar-refractivity contribution in [2.75, 3.05) is 0 Å². The molecule has 1 atom stereocenters. The average Bonchev–Trinajstić information content (AvgIpc) is 3.03. The van der Waals surface area contributed by atoms with E-state index in [0.717, 1.165) is 10.9 Å². The fourth-order valence-corrected chi connectivity index (χ4v) is 3.15. The van der Waals surface area contributed by atoms with Crippen LogP contribution in [0.4, 0.5) is 13.2 Å². The van der Waals surface area contributed by atoms with E-state index in [1.165, 1.54) is 10.9 Å². The van der Waals surface area contributed by atoms with Gasteiger partial charge < -0.3 is 4.18 Å². The maximum absolute atomic E-state index is 12.7. The van der Waals surface area contributed by atoms with Crippen molar-refractivity contribution in [3.05, 3.63) is 60.2 Å². The molecule has 9 heteroatoms. The summed E-state index contributed by atoms with van der Waals surface area (Å²) in [6.45, 7) is 1.90. The third kappa shape index (κ3) is 3.25. The summed E-state index contributed by atoms with van der Waals surface area (Å²) in [6, 6.07) is 15.4. The molecule has 1 unspecified atom stereocenters. The summed E-state index contributed by atoms with van der Waals surface area (Å²) >= 11 is -3.51. The van der Waals surface area contributed by atoms with Gasteiger partial charge in [-0.2, -0.15) is 13.2 Å². The Kier molecular flexibility index (Phi) is 4.11. The number of benzene rings is 3. The highest BCUT2D eigenvalue weighted by atomic mass is 32.2. The first-order valence-corrected chi connectivity index (χ1v) is 8.93. The Morgan fingerprint density at radius 3 is 2.52 bits per heavy atom. The molecule has 0 aliphatic rings. The summed E-state index contributed by atoms with van der Waals surface area (Å²) in [5.41, 5.74) is -2.66. The van der Waals surface area contributed by atoms with Crippen molar-refractivity contribution < 1.29 is 21.6 Å². The highest BCUT2D eigenvalue weighted by Gasteiger charge is 2.40. The second-order valence-corrected chi connectivity index (χ2v) is 6.98. The van der Waals surface area contributed by atoms with E-state index in [4.69, 9.17) is 4.18 Å². The van der Waals surface area contributed by atoms with Gasteiger partial charge in [0.2, 0.25) is 0 Å². The van der Waals surface area contributed by atoms with Crippen molar-refractivity contribution in [3.63, 3.8) is 0 Å². The van der Waals surface area contributed by atoms with Gasteiger partial charge in [0, 0.05) is 5.39 Å². The molecule has 0 saturated carbocycles. The smallest absolute Gasteiger partial charge is 0.392 e. The number of aromatic nitrogens is 3. The molecule has 0 bridgehead atoms. The summed E-state index contributed by atoms with van der Waals surface area (Å²) in [5, 5.41) is 10.1. The first-order chi connectivity index (χ1) is 12.8. The minimum Gasteiger partial charge on any atom is -0.392 e. The molecular weight excluding hydrogens is 379 g/mol. The van der Waals surface area contributed by atoms with Crippen LogP contribution in [-0.2, 0) is 11.1 Å². The summed E-state index contributed by atoms with van der Waals surface area (Å²) in [7, 11) is 0. The molecule has 0 amide bonds. The van der Waals surface area contributed by atoms with E-state index in [-0.39, 0.29) is 11.4 Å². The first kappa shape index (κ1) is 17.5. The van der Waals surface area contributed by atoms with Gasteiger partial charge in [-0.15, -0.1) is 15.0 Å². The summed E-state index contributed by atoms with van der Waals surface area (Å²) in [4.78, 5) is 1.22. The Labute approximate surface area is 154 Å². The number of fused-ring (bicyclic) bond motifs is 2. The number of aryl methyl sites for hydroxylation is 1. The predicted octanol–water partition coefficient (Wildman–Crippen LogP) is 4.44. The molecule has 0 fully saturated rings. The van der Waals surface area contributed by atoms with Gasteiger partial charge in [0.05, 0.1) is 0 Å². The van der Waals surface area contributed by atoms with Gasteiger partial charge in [0.1, 0.15) is 16.7 Å². The summed E-state index contributed by atoms with van der Waals surface area (Å²) < 4.78 is 54.4. The fraction of sp³-hybridized carbons (Fsp3) is 0.111. The zero-order valence-corrected chi connectivity index (χ0v) is 14.7. The Balaban J connectivity index is 1.95. The van der Waals surface area contributed by atoms with Crippen LogP contribution >= 0.6 is 0 Å². The Morgan fingerprint density at radius 1 is 1.00 bits per heavy atom. The highest BCUT2D eigenvalue weighted by molar-refractivity contribution is 7.81. The number of alkyl halides is 3. The van der Waals surface area contributed by atoms with E-state index in [2.05, 4.69) is 10.2 Å². The number of rotatable bonds is 3. The van der Waals surface area contributed by atoms with Crippen molar-refractivity contribution in [3.8, 4) is 11.4 Å². The maximum Gasteiger partial charge on any atom is 0.508 e. The van der Waals surface area contributed by atoms with Crippen LogP contribution in [0.15, 0.2) is 54.6 Å². The second-order valence-electron chi connectivity index (χ2n) is 5.88. The topological polar surface area (TPSA) is 57.0 Å². The maximum atomic E-state index is 12.7. The van der Waals surface area contributed by atoms with Gasteiger partial charge in [0.25, 0.3) is 0 Å². The molecule has 0 aliphatic heterocycles. The Hall–Kier alpha value is -2.94. The third-order valence-electron chi connectivity index (χ3n) is 3.95. The monoisotopic (exact) mass is 391 g/mol. The van der Waals surface area contributed by atoms with Gasteiger partial charge >= 0.3 is 16.6 Å². The third-order valence-corrected chi connectivity index (χ3v) is 4.66. The molecule has 4 aromatic rings. The van der Waals surface area contributed by atoms with Crippen LogP contribution < -0.4 is 4.18 Å². The SMILES string of the molecule is Cc1ccc2nn(-c3c(OS(=O)C(F)(F)F)ccc4ccccc34)nc2c1. The van der Waals surface area contributed by atoms with Crippen molar-refractivity contribution in [1.82, 2.24) is 15.0 Å². The molecule has 0 spiro atoms. The zero-order valence-electron chi connectivity index (χ0n) is 13.9. The normalized spacial score (nSPS) is 13.2. The lowest BCUT2D eigenvalue weighted by molar-refractivity contribution is -0.0437. The van der Waals surface area contributed by atoms with Crippen LogP contribution in [0.1, 0.15) is 5.56 Å². The van der Waals surface area contributed by atoms with E-state index in [1.807, 2.05) is 19.1 Å². The lowest BCUT2D eigenvalue weighted by Gasteiger charge is -2.13. The standard InChI is InChI=1S/C18H12F3N3O2S/c1-11-6-8-14-15(10-11)23-24(22-14)17-13-5-3-2-4-12(13)7-9-16(17)26-27(25)18(19,20)21/h2-10H,1H3. The van der Waals surface area contributed by atoms with Crippen LogP contribution in [-0.4, -0.2) is 24.7 Å². The lowest BCUT2D eigenvalue weighted by Crippen LogP contribution is -2.21. The van der Waals surface area contributed by atoms with Crippen molar-refractivity contribution in [2.24, 2.45) is 0 Å². The molecule has 3 aromatic carbocycles. The van der Waals surface area contributed by atoms with Gasteiger partial charge in [-0.05, 0) is 36.1 Å². The molecular formula is C18H12F3N3O2S. The van der Waals surface area contributed by atoms with Crippen molar-refractivity contribution >= 4 is 32.9 Å². The highest BCUT2D eigenvalue weighted by Crippen LogP contribution is 2.34. The van der Waals surface area contributed by atoms with Gasteiger partial charge in [-0.3, -0.25) is 0 Å². The molecule has 0 aliphatic carbocycles. The number of halogens is 3. The van der Waals surface area contributed by atoms with E-state index >= 15 is 0 Å². The predicted molar refractivity (Wildman–Crippen MR) is 95.9 cm³/mol. The molecule has 0 radical (unpaired) electrons. The van der Waals surface area contributed by atoms with Crippen LogP contribution in [0.2, 0.25) is 0 Å². The molecule has 0 N–H and O–H groups in total. The van der Waals surface area contributed by atoms with E-state index in [1.54, 1.807) is 36.4 Å². The largest absolute Gasteiger partial charge is 0.508 e. The first-order valence-electron chi connectivity index (χ1n) is 7.86. The molecule has 1 heterocycles. The number of hydrogen-bond acceptors (Lipinski definition) is 4. The van der Waals surface area contributed by atoms with Gasteiger partial charge in [-0.1, -0.05) is 36.4 Å².